The van der Waals surface area contributed by atoms with Crippen molar-refractivity contribution < 1.29 is 19.4 Å². The van der Waals surface area contributed by atoms with Crippen molar-refractivity contribution in [3.05, 3.63) is 48.6 Å². The maximum absolute atomic E-state index is 12.2. The first-order valence-electron chi connectivity index (χ1n) is 19.2. The maximum Gasteiger partial charge on any atom is 0.306 e. The third-order valence-electron chi connectivity index (χ3n) is 8.13. The summed E-state index contributed by atoms with van der Waals surface area (Å²) in [6.07, 6.45) is 48.6. The summed E-state index contributed by atoms with van der Waals surface area (Å²) in [6.45, 7) is 5.26. The number of carbonyl (C=O) groups excluding carboxylic acids is 1. The molecule has 0 fully saturated rings. The lowest BCUT2D eigenvalue weighted by molar-refractivity contribution is -0.154. The summed E-state index contributed by atoms with van der Waals surface area (Å²) in [7, 11) is 0. The number of aliphatic hydroxyl groups excluding tert-OH is 1. The molecule has 0 aliphatic heterocycles. The number of carbonyl (C=O) groups is 1. The molecule has 1 unspecified atom stereocenters. The number of hydrogen-bond donors (Lipinski definition) is 1. The van der Waals surface area contributed by atoms with Gasteiger partial charge in [-0.3, -0.25) is 4.79 Å². The van der Waals surface area contributed by atoms with E-state index >= 15 is 0 Å². The summed E-state index contributed by atoms with van der Waals surface area (Å²) in [5.74, 6) is -0.214. The van der Waals surface area contributed by atoms with Crippen molar-refractivity contribution in [1.82, 2.24) is 0 Å². The van der Waals surface area contributed by atoms with Crippen molar-refractivity contribution in [2.75, 3.05) is 19.8 Å². The number of unbranched alkanes of at least 4 members (excludes halogenated alkanes) is 19. The van der Waals surface area contributed by atoms with Gasteiger partial charge in [0.2, 0.25) is 0 Å². The largest absolute Gasteiger partial charge is 0.457 e. The van der Waals surface area contributed by atoms with Gasteiger partial charge in [-0.1, -0.05) is 152 Å². The Labute approximate surface area is 280 Å². The van der Waals surface area contributed by atoms with Gasteiger partial charge in [0.15, 0.2) is 0 Å². The molecule has 0 amide bonds. The third-order valence-corrected chi connectivity index (χ3v) is 8.13. The Balaban J connectivity index is 3.48. The number of ether oxygens (including phenoxy) is 2. The van der Waals surface area contributed by atoms with Crippen molar-refractivity contribution in [1.29, 1.82) is 0 Å². The van der Waals surface area contributed by atoms with Gasteiger partial charge in [-0.25, -0.2) is 0 Å². The van der Waals surface area contributed by atoms with Crippen molar-refractivity contribution in [3.8, 4) is 0 Å². The molecule has 45 heavy (non-hydrogen) atoms. The molecule has 1 atom stereocenters. The second-order valence-electron chi connectivity index (χ2n) is 12.6. The standard InChI is InChI=1S/C41H74O4/c1-3-5-7-9-11-13-15-17-19-20-21-22-24-26-28-30-32-34-36-41(43)45-40(38-42)39-44-37-35-33-31-29-27-25-23-18-16-14-12-10-8-6-4-2/h10,12-13,15-16,18-20,40,42H,3-9,11,14,17,21-39H2,1-2H3/b12-10-,15-13-,18-16-,20-19-. The summed E-state index contributed by atoms with van der Waals surface area (Å²) >= 11 is 0. The number of hydrogen-bond acceptors (Lipinski definition) is 4. The van der Waals surface area contributed by atoms with E-state index in [2.05, 4.69) is 62.5 Å². The van der Waals surface area contributed by atoms with E-state index in [4.69, 9.17) is 9.47 Å². The van der Waals surface area contributed by atoms with Gasteiger partial charge in [-0.15, -0.1) is 0 Å². The van der Waals surface area contributed by atoms with Crippen LogP contribution in [0, 0.1) is 0 Å². The SMILES string of the molecule is CCCC/C=C\C/C=C\CCCCCCCCOCC(CO)OC(=O)CCCCCCCCC/C=C\C/C=C\CCCCCC. The fourth-order valence-corrected chi connectivity index (χ4v) is 5.20. The van der Waals surface area contributed by atoms with E-state index < -0.39 is 6.10 Å². The van der Waals surface area contributed by atoms with E-state index in [9.17, 15) is 9.90 Å². The highest BCUT2D eigenvalue weighted by atomic mass is 16.6. The zero-order chi connectivity index (χ0) is 32.7. The Hall–Kier alpha value is -1.65. The highest BCUT2D eigenvalue weighted by Gasteiger charge is 2.13. The van der Waals surface area contributed by atoms with Gasteiger partial charge in [0.05, 0.1) is 13.2 Å². The molecule has 262 valence electrons. The monoisotopic (exact) mass is 631 g/mol. The summed E-state index contributed by atoms with van der Waals surface area (Å²) in [6, 6.07) is 0. The first-order chi connectivity index (χ1) is 22.2. The van der Waals surface area contributed by atoms with Crippen LogP contribution < -0.4 is 0 Å². The maximum atomic E-state index is 12.2. The van der Waals surface area contributed by atoms with Gasteiger partial charge in [-0.2, -0.15) is 0 Å². The number of esters is 1. The minimum Gasteiger partial charge on any atom is -0.457 e. The van der Waals surface area contributed by atoms with Gasteiger partial charge >= 0.3 is 5.97 Å². The molecule has 4 nitrogen and oxygen atoms in total. The van der Waals surface area contributed by atoms with Crippen LogP contribution in [0.3, 0.4) is 0 Å². The van der Waals surface area contributed by atoms with Crippen molar-refractivity contribution in [2.24, 2.45) is 0 Å². The fourth-order valence-electron chi connectivity index (χ4n) is 5.20. The molecular formula is C41H74O4. The molecule has 0 radical (unpaired) electrons. The highest BCUT2D eigenvalue weighted by Crippen LogP contribution is 2.12. The summed E-state index contributed by atoms with van der Waals surface area (Å²) in [4.78, 5) is 12.2. The molecule has 0 bridgehead atoms. The summed E-state index contributed by atoms with van der Waals surface area (Å²) in [5.41, 5.74) is 0. The summed E-state index contributed by atoms with van der Waals surface area (Å²) in [5, 5.41) is 9.57. The van der Waals surface area contributed by atoms with E-state index in [1.807, 2.05) is 0 Å². The van der Waals surface area contributed by atoms with Gasteiger partial charge < -0.3 is 14.6 Å². The van der Waals surface area contributed by atoms with Crippen LogP contribution in [0.5, 0.6) is 0 Å². The smallest absolute Gasteiger partial charge is 0.306 e. The molecule has 0 rings (SSSR count). The zero-order valence-electron chi connectivity index (χ0n) is 29.9. The van der Waals surface area contributed by atoms with E-state index in [-0.39, 0.29) is 19.2 Å². The molecule has 0 heterocycles. The van der Waals surface area contributed by atoms with Crippen LogP contribution in [0.2, 0.25) is 0 Å². The second-order valence-corrected chi connectivity index (χ2v) is 12.6. The average Bonchev–Trinajstić information content (AvgIpc) is 3.05. The molecule has 0 aromatic carbocycles. The Morgan fingerprint density at radius 1 is 0.533 bits per heavy atom. The van der Waals surface area contributed by atoms with Crippen LogP contribution in [-0.4, -0.2) is 37.0 Å². The van der Waals surface area contributed by atoms with Crippen LogP contribution >= 0.6 is 0 Å². The fraction of sp³-hybridized carbons (Fsp3) is 0.780. The van der Waals surface area contributed by atoms with Crippen molar-refractivity contribution in [2.45, 2.75) is 187 Å². The second kappa shape index (κ2) is 38.5. The average molecular weight is 631 g/mol. The molecule has 0 spiro atoms. The van der Waals surface area contributed by atoms with Crippen LogP contribution in [0.4, 0.5) is 0 Å². The predicted octanol–water partition coefficient (Wildman–Crippen LogP) is 12.3. The normalized spacial score (nSPS) is 12.9. The highest BCUT2D eigenvalue weighted by molar-refractivity contribution is 5.69. The lowest BCUT2D eigenvalue weighted by Gasteiger charge is -2.15. The quantitative estimate of drug-likeness (QED) is 0.0430. The van der Waals surface area contributed by atoms with Crippen molar-refractivity contribution >= 4 is 5.97 Å². The Morgan fingerprint density at radius 3 is 1.44 bits per heavy atom. The molecule has 0 aliphatic rings. The van der Waals surface area contributed by atoms with Crippen LogP contribution in [-0.2, 0) is 14.3 Å². The molecule has 0 saturated carbocycles. The van der Waals surface area contributed by atoms with Crippen molar-refractivity contribution in [3.63, 3.8) is 0 Å². The zero-order valence-corrected chi connectivity index (χ0v) is 29.9. The molecule has 1 N–H and O–H groups in total. The molecule has 0 aliphatic carbocycles. The van der Waals surface area contributed by atoms with Gasteiger partial charge in [-0.05, 0) is 70.6 Å². The van der Waals surface area contributed by atoms with E-state index in [0.717, 1.165) is 38.5 Å². The third kappa shape index (κ3) is 36.7. The van der Waals surface area contributed by atoms with Crippen LogP contribution in [0.25, 0.3) is 0 Å². The van der Waals surface area contributed by atoms with Gasteiger partial charge in [0.25, 0.3) is 0 Å². The van der Waals surface area contributed by atoms with Gasteiger partial charge in [0.1, 0.15) is 6.10 Å². The first kappa shape index (κ1) is 43.4. The lowest BCUT2D eigenvalue weighted by Crippen LogP contribution is -2.27. The van der Waals surface area contributed by atoms with E-state index in [1.165, 1.54) is 122 Å². The number of rotatable bonds is 35. The van der Waals surface area contributed by atoms with Gasteiger partial charge in [0, 0.05) is 13.0 Å². The molecule has 0 aromatic heterocycles. The minimum atomic E-state index is -0.544. The lowest BCUT2D eigenvalue weighted by atomic mass is 10.1. The van der Waals surface area contributed by atoms with Crippen LogP contribution in [0.15, 0.2) is 48.6 Å². The molecular weight excluding hydrogens is 556 g/mol. The van der Waals surface area contributed by atoms with E-state index in [0.29, 0.717) is 13.0 Å². The molecule has 0 saturated heterocycles. The predicted molar refractivity (Wildman–Crippen MR) is 196 cm³/mol. The first-order valence-corrected chi connectivity index (χ1v) is 19.2. The topological polar surface area (TPSA) is 55.8 Å². The van der Waals surface area contributed by atoms with E-state index in [1.54, 1.807) is 0 Å². The Bertz CT molecular complexity index is 708. The van der Waals surface area contributed by atoms with Crippen LogP contribution in [0.1, 0.15) is 181 Å². The molecule has 0 aromatic rings. The summed E-state index contributed by atoms with van der Waals surface area (Å²) < 4.78 is 11.1. The molecule has 4 heteroatoms. The Kier molecular flexibility index (Phi) is 37.1. The Morgan fingerprint density at radius 2 is 0.956 bits per heavy atom. The number of aliphatic hydroxyl groups is 1. The minimum absolute atomic E-state index is 0.180. The number of allylic oxidation sites excluding steroid dienone is 8.